The molecule has 0 bridgehead atoms. The number of morpholine rings is 1. The van der Waals surface area contributed by atoms with Crippen molar-refractivity contribution in [2.24, 2.45) is 0 Å². The Kier molecular flexibility index (Phi) is 3.37. The molecule has 1 aromatic carbocycles. The molecule has 3 unspecified atom stereocenters. The quantitative estimate of drug-likeness (QED) is 0.917. The molecule has 2 aliphatic rings. The lowest BCUT2D eigenvalue weighted by atomic mass is 10.0. The second-order valence-corrected chi connectivity index (χ2v) is 6.06. The molecule has 0 saturated carbocycles. The first-order valence-electron chi connectivity index (χ1n) is 7.70. The van der Waals surface area contributed by atoms with E-state index in [1.54, 1.807) is 6.20 Å². The maximum atomic E-state index is 10.7. The van der Waals surface area contributed by atoms with E-state index in [4.69, 9.17) is 4.74 Å². The van der Waals surface area contributed by atoms with E-state index in [1.165, 1.54) is 12.8 Å². The molecule has 0 aliphatic carbocycles. The van der Waals surface area contributed by atoms with Crippen LogP contribution in [0.4, 0.5) is 0 Å². The van der Waals surface area contributed by atoms with Crippen LogP contribution in [-0.4, -0.2) is 46.8 Å². The molecule has 4 heteroatoms. The number of hydrogen-bond acceptors (Lipinski definition) is 4. The molecule has 4 nitrogen and oxygen atoms in total. The minimum Gasteiger partial charge on any atom is -0.386 e. The zero-order valence-corrected chi connectivity index (χ0v) is 12.0. The van der Waals surface area contributed by atoms with E-state index >= 15 is 0 Å². The van der Waals surface area contributed by atoms with Crippen molar-refractivity contribution in [2.45, 2.75) is 31.1 Å². The second kappa shape index (κ2) is 5.37. The van der Waals surface area contributed by atoms with Crippen molar-refractivity contribution in [1.82, 2.24) is 9.88 Å². The third-order valence-corrected chi connectivity index (χ3v) is 4.74. The zero-order valence-electron chi connectivity index (χ0n) is 12.0. The van der Waals surface area contributed by atoms with Crippen molar-refractivity contribution in [3.63, 3.8) is 0 Å². The monoisotopic (exact) mass is 284 g/mol. The van der Waals surface area contributed by atoms with Crippen LogP contribution in [0.1, 0.15) is 24.5 Å². The van der Waals surface area contributed by atoms with Crippen LogP contribution in [0, 0.1) is 0 Å². The summed E-state index contributed by atoms with van der Waals surface area (Å²) in [6.45, 7) is 2.71. The van der Waals surface area contributed by atoms with Crippen LogP contribution in [0.25, 0.3) is 10.9 Å². The molecular weight excluding hydrogens is 264 g/mol. The maximum absolute atomic E-state index is 10.7. The first-order chi connectivity index (χ1) is 10.3. The Morgan fingerprint density at radius 3 is 3.24 bits per heavy atom. The molecule has 3 heterocycles. The Morgan fingerprint density at radius 2 is 2.29 bits per heavy atom. The van der Waals surface area contributed by atoms with Crippen molar-refractivity contribution in [2.75, 3.05) is 19.7 Å². The summed E-state index contributed by atoms with van der Waals surface area (Å²) in [6, 6.07) is 10.5. The zero-order chi connectivity index (χ0) is 14.2. The van der Waals surface area contributed by atoms with Gasteiger partial charge in [0.1, 0.15) is 12.2 Å². The number of pyridine rings is 1. The van der Waals surface area contributed by atoms with Crippen molar-refractivity contribution < 1.29 is 9.84 Å². The lowest BCUT2D eigenvalue weighted by molar-refractivity contribution is -0.103. The highest BCUT2D eigenvalue weighted by Crippen LogP contribution is 2.29. The van der Waals surface area contributed by atoms with Gasteiger partial charge in [0.25, 0.3) is 0 Å². The maximum Gasteiger partial charge on any atom is 0.106 e. The van der Waals surface area contributed by atoms with E-state index in [2.05, 4.69) is 9.88 Å². The van der Waals surface area contributed by atoms with Crippen LogP contribution in [0.2, 0.25) is 0 Å². The highest BCUT2D eigenvalue weighted by atomic mass is 16.5. The Morgan fingerprint density at radius 1 is 1.33 bits per heavy atom. The second-order valence-electron chi connectivity index (χ2n) is 6.06. The van der Waals surface area contributed by atoms with E-state index in [1.807, 2.05) is 30.3 Å². The van der Waals surface area contributed by atoms with Crippen LogP contribution < -0.4 is 0 Å². The fraction of sp³-hybridized carbons (Fsp3) is 0.471. The van der Waals surface area contributed by atoms with Crippen molar-refractivity contribution >= 4 is 10.9 Å². The highest BCUT2D eigenvalue weighted by molar-refractivity contribution is 5.79. The van der Waals surface area contributed by atoms with Crippen molar-refractivity contribution in [1.29, 1.82) is 0 Å². The van der Waals surface area contributed by atoms with Gasteiger partial charge in [0.05, 0.1) is 12.1 Å². The van der Waals surface area contributed by atoms with Crippen LogP contribution in [0.3, 0.4) is 0 Å². The minimum atomic E-state index is -0.573. The standard InChI is InChI=1S/C17H20N2O2/c20-17(16-10-19-8-2-4-14(19)11-21-16)13-5-6-15-12(9-13)3-1-7-18-15/h1,3,5-7,9,14,16-17,20H,2,4,8,10-11H2. The lowest BCUT2D eigenvalue weighted by Crippen LogP contribution is -2.48. The van der Waals surface area contributed by atoms with Crippen molar-refractivity contribution in [3.8, 4) is 0 Å². The van der Waals surface area contributed by atoms with Gasteiger partial charge >= 0.3 is 0 Å². The van der Waals surface area contributed by atoms with Gasteiger partial charge < -0.3 is 9.84 Å². The average Bonchev–Trinajstić information content (AvgIpc) is 3.01. The molecule has 2 fully saturated rings. The topological polar surface area (TPSA) is 45.6 Å². The van der Waals surface area contributed by atoms with Gasteiger partial charge in [-0.1, -0.05) is 12.1 Å². The lowest BCUT2D eigenvalue weighted by Gasteiger charge is -2.37. The molecule has 21 heavy (non-hydrogen) atoms. The van der Waals surface area contributed by atoms with Gasteiger partial charge in [0.2, 0.25) is 0 Å². The number of benzene rings is 1. The summed E-state index contributed by atoms with van der Waals surface area (Å²) < 4.78 is 5.91. The van der Waals surface area contributed by atoms with E-state index in [-0.39, 0.29) is 6.10 Å². The number of aliphatic hydroxyl groups excluding tert-OH is 1. The van der Waals surface area contributed by atoms with Crippen LogP contribution in [-0.2, 0) is 4.74 Å². The molecule has 3 atom stereocenters. The number of aliphatic hydroxyl groups is 1. The normalized spacial score (nSPS) is 27.7. The molecule has 1 N–H and O–H groups in total. The fourth-order valence-electron chi connectivity index (χ4n) is 3.53. The summed E-state index contributed by atoms with van der Waals surface area (Å²) in [7, 11) is 0. The van der Waals surface area contributed by atoms with Gasteiger partial charge in [0.15, 0.2) is 0 Å². The molecule has 2 saturated heterocycles. The first kappa shape index (κ1) is 13.2. The van der Waals surface area contributed by atoms with E-state index in [0.717, 1.165) is 36.2 Å². The van der Waals surface area contributed by atoms with E-state index < -0.39 is 6.10 Å². The molecular formula is C17H20N2O2. The number of aromatic nitrogens is 1. The minimum absolute atomic E-state index is 0.131. The van der Waals surface area contributed by atoms with Crippen LogP contribution in [0.5, 0.6) is 0 Å². The van der Waals surface area contributed by atoms with Gasteiger partial charge in [-0.15, -0.1) is 0 Å². The number of rotatable bonds is 2. The number of nitrogens with zero attached hydrogens (tertiary/aromatic N) is 2. The smallest absolute Gasteiger partial charge is 0.106 e. The van der Waals surface area contributed by atoms with Gasteiger partial charge in [-0.25, -0.2) is 0 Å². The molecule has 4 rings (SSSR count). The summed E-state index contributed by atoms with van der Waals surface area (Å²) in [5.74, 6) is 0. The summed E-state index contributed by atoms with van der Waals surface area (Å²) in [5.41, 5.74) is 1.87. The van der Waals surface area contributed by atoms with Gasteiger partial charge in [0, 0.05) is 24.2 Å². The molecule has 0 radical (unpaired) electrons. The third kappa shape index (κ3) is 2.44. The first-order valence-corrected chi connectivity index (χ1v) is 7.70. The van der Waals surface area contributed by atoms with Gasteiger partial charge in [-0.05, 0) is 43.1 Å². The summed E-state index contributed by atoms with van der Waals surface area (Å²) in [6.07, 6.45) is 3.56. The highest BCUT2D eigenvalue weighted by Gasteiger charge is 2.35. The van der Waals surface area contributed by atoms with Crippen molar-refractivity contribution in [3.05, 3.63) is 42.1 Å². The fourth-order valence-corrected chi connectivity index (χ4v) is 3.53. The summed E-state index contributed by atoms with van der Waals surface area (Å²) >= 11 is 0. The third-order valence-electron chi connectivity index (χ3n) is 4.74. The molecule has 2 aliphatic heterocycles. The van der Waals surface area contributed by atoms with Crippen LogP contribution >= 0.6 is 0 Å². The predicted octanol–water partition coefficient (Wildman–Crippen LogP) is 2.13. The van der Waals surface area contributed by atoms with Gasteiger partial charge in [-0.2, -0.15) is 0 Å². The van der Waals surface area contributed by atoms with E-state index in [9.17, 15) is 5.11 Å². The molecule has 0 amide bonds. The Hall–Kier alpha value is -1.49. The predicted molar refractivity (Wildman–Crippen MR) is 81.0 cm³/mol. The van der Waals surface area contributed by atoms with E-state index in [0.29, 0.717) is 6.04 Å². The summed E-state index contributed by atoms with van der Waals surface area (Å²) in [4.78, 5) is 6.77. The SMILES string of the molecule is OC(c1ccc2ncccc2c1)C1CN2CCCC2CO1. The Bertz CT molecular complexity index is 645. The molecule has 110 valence electrons. The number of ether oxygens (including phenoxy) is 1. The van der Waals surface area contributed by atoms with Gasteiger partial charge in [-0.3, -0.25) is 9.88 Å². The average molecular weight is 284 g/mol. The largest absolute Gasteiger partial charge is 0.386 e. The summed E-state index contributed by atoms with van der Waals surface area (Å²) in [5, 5.41) is 11.7. The molecule has 0 spiro atoms. The van der Waals surface area contributed by atoms with Crippen LogP contribution in [0.15, 0.2) is 36.5 Å². The Balaban J connectivity index is 1.56. The number of hydrogen-bond donors (Lipinski definition) is 1. The molecule has 2 aromatic rings. The molecule has 1 aromatic heterocycles. The number of fused-ring (bicyclic) bond motifs is 2. The Labute approximate surface area is 124 Å².